The van der Waals surface area contributed by atoms with Gasteiger partial charge in [0.25, 0.3) is 0 Å². The molecule has 7 heteroatoms. The maximum absolute atomic E-state index is 5.59. The van der Waals surface area contributed by atoms with Gasteiger partial charge < -0.3 is 20.1 Å². The van der Waals surface area contributed by atoms with E-state index in [2.05, 4.69) is 27.4 Å². The standard InChI is InChI=1S/C21H35N5O2/c1-3-22-20(23-16-18-8-7-9-19(25-18)27-2)24-17-21(10-5-4-6-11-21)26-12-14-28-15-13-26/h7-9H,3-6,10-17H2,1-2H3,(H2,22,23,24). The van der Waals surface area contributed by atoms with Gasteiger partial charge in [-0.3, -0.25) is 4.90 Å². The van der Waals surface area contributed by atoms with Crippen molar-refractivity contribution in [1.82, 2.24) is 20.5 Å². The summed E-state index contributed by atoms with van der Waals surface area (Å²) < 4.78 is 10.8. The summed E-state index contributed by atoms with van der Waals surface area (Å²) in [6, 6.07) is 5.78. The van der Waals surface area contributed by atoms with E-state index in [1.54, 1.807) is 7.11 Å². The van der Waals surface area contributed by atoms with E-state index in [1.165, 1.54) is 32.1 Å². The van der Waals surface area contributed by atoms with E-state index in [0.717, 1.165) is 51.0 Å². The number of aromatic nitrogens is 1. The van der Waals surface area contributed by atoms with Crippen LogP contribution in [0.4, 0.5) is 0 Å². The zero-order chi connectivity index (χ0) is 19.7. The van der Waals surface area contributed by atoms with E-state index in [1.807, 2.05) is 18.2 Å². The molecule has 2 aliphatic rings. The van der Waals surface area contributed by atoms with Gasteiger partial charge in [0, 0.05) is 37.8 Å². The Kier molecular flexibility index (Phi) is 7.91. The van der Waals surface area contributed by atoms with Crippen molar-refractivity contribution in [2.45, 2.75) is 51.1 Å². The SMILES string of the molecule is CCNC(=NCc1cccc(OC)n1)NCC1(N2CCOCC2)CCCCC1. The number of morpholine rings is 1. The van der Waals surface area contributed by atoms with E-state index in [9.17, 15) is 0 Å². The second-order valence-corrected chi connectivity index (χ2v) is 7.60. The molecule has 1 saturated carbocycles. The molecule has 0 spiro atoms. The summed E-state index contributed by atoms with van der Waals surface area (Å²) in [5.74, 6) is 1.48. The van der Waals surface area contributed by atoms with Crippen LogP contribution in [0.15, 0.2) is 23.2 Å². The maximum Gasteiger partial charge on any atom is 0.213 e. The molecule has 0 atom stereocenters. The molecule has 2 heterocycles. The lowest BCUT2D eigenvalue weighted by atomic mass is 9.80. The first-order valence-electron chi connectivity index (χ1n) is 10.6. The van der Waals surface area contributed by atoms with Gasteiger partial charge >= 0.3 is 0 Å². The van der Waals surface area contributed by atoms with E-state index < -0.39 is 0 Å². The fraction of sp³-hybridized carbons (Fsp3) is 0.714. The molecule has 1 aliphatic carbocycles. The molecule has 3 rings (SSSR count). The van der Waals surface area contributed by atoms with Crippen LogP contribution in [0.2, 0.25) is 0 Å². The van der Waals surface area contributed by atoms with Crippen molar-refractivity contribution in [3.8, 4) is 5.88 Å². The zero-order valence-electron chi connectivity index (χ0n) is 17.4. The van der Waals surface area contributed by atoms with Gasteiger partial charge in [-0.15, -0.1) is 0 Å². The van der Waals surface area contributed by atoms with Crippen molar-refractivity contribution in [1.29, 1.82) is 0 Å². The fourth-order valence-electron chi connectivity index (χ4n) is 4.26. The fourth-order valence-corrected chi connectivity index (χ4v) is 4.26. The minimum atomic E-state index is 0.215. The van der Waals surface area contributed by atoms with Gasteiger partial charge in [-0.05, 0) is 25.8 Å². The van der Waals surface area contributed by atoms with Crippen LogP contribution >= 0.6 is 0 Å². The molecule has 1 aromatic heterocycles. The topological polar surface area (TPSA) is 71.0 Å². The number of hydrogen-bond acceptors (Lipinski definition) is 5. The number of guanidine groups is 1. The summed E-state index contributed by atoms with van der Waals surface area (Å²) in [7, 11) is 1.64. The van der Waals surface area contributed by atoms with Crippen molar-refractivity contribution >= 4 is 5.96 Å². The third-order valence-electron chi connectivity index (χ3n) is 5.78. The van der Waals surface area contributed by atoms with Gasteiger partial charge in [-0.1, -0.05) is 25.3 Å². The third-order valence-corrected chi connectivity index (χ3v) is 5.78. The maximum atomic E-state index is 5.59. The summed E-state index contributed by atoms with van der Waals surface area (Å²) in [4.78, 5) is 11.9. The second kappa shape index (κ2) is 10.6. The molecular formula is C21H35N5O2. The molecule has 7 nitrogen and oxygen atoms in total. The second-order valence-electron chi connectivity index (χ2n) is 7.60. The highest BCUT2D eigenvalue weighted by atomic mass is 16.5. The quantitative estimate of drug-likeness (QED) is 0.550. The monoisotopic (exact) mass is 389 g/mol. The summed E-state index contributed by atoms with van der Waals surface area (Å²) in [5, 5.41) is 7.00. The highest BCUT2D eigenvalue weighted by Gasteiger charge is 2.38. The third kappa shape index (κ3) is 5.58. The Morgan fingerprint density at radius 2 is 2.00 bits per heavy atom. The van der Waals surface area contributed by atoms with E-state index in [0.29, 0.717) is 12.4 Å². The number of methoxy groups -OCH3 is 1. The summed E-state index contributed by atoms with van der Waals surface area (Å²) in [6.07, 6.45) is 6.45. The summed E-state index contributed by atoms with van der Waals surface area (Å²) in [5.41, 5.74) is 1.11. The van der Waals surface area contributed by atoms with Gasteiger partial charge in [0.1, 0.15) is 0 Å². The first kappa shape index (κ1) is 20.9. The van der Waals surface area contributed by atoms with E-state index in [4.69, 9.17) is 14.5 Å². The first-order chi connectivity index (χ1) is 13.8. The molecule has 0 aromatic carbocycles. The van der Waals surface area contributed by atoms with Gasteiger partial charge in [0.05, 0.1) is 32.6 Å². The Morgan fingerprint density at radius 1 is 1.21 bits per heavy atom. The highest BCUT2D eigenvalue weighted by molar-refractivity contribution is 5.79. The average molecular weight is 390 g/mol. The van der Waals surface area contributed by atoms with Crippen molar-refractivity contribution in [3.05, 3.63) is 23.9 Å². The van der Waals surface area contributed by atoms with Gasteiger partial charge in [-0.25, -0.2) is 9.98 Å². The smallest absolute Gasteiger partial charge is 0.213 e. The van der Waals surface area contributed by atoms with Crippen LogP contribution in [0.1, 0.15) is 44.7 Å². The van der Waals surface area contributed by atoms with Crippen LogP contribution in [0.25, 0.3) is 0 Å². The predicted octanol–water partition coefficient (Wildman–Crippen LogP) is 2.18. The number of nitrogens with one attached hydrogen (secondary N) is 2. The Morgan fingerprint density at radius 3 is 2.71 bits per heavy atom. The summed E-state index contributed by atoms with van der Waals surface area (Å²) in [6.45, 7) is 8.13. The molecule has 1 aliphatic heterocycles. The summed E-state index contributed by atoms with van der Waals surface area (Å²) >= 11 is 0. The molecule has 0 amide bonds. The van der Waals surface area contributed by atoms with Gasteiger partial charge in [-0.2, -0.15) is 0 Å². The molecule has 2 fully saturated rings. The molecule has 28 heavy (non-hydrogen) atoms. The van der Waals surface area contributed by atoms with Crippen molar-refractivity contribution in [2.24, 2.45) is 4.99 Å². The minimum Gasteiger partial charge on any atom is -0.481 e. The van der Waals surface area contributed by atoms with Crippen LogP contribution in [-0.4, -0.2) is 67.9 Å². The van der Waals surface area contributed by atoms with Gasteiger partial charge in [0.15, 0.2) is 5.96 Å². The normalized spacial score (nSPS) is 20.6. The number of ether oxygens (including phenoxy) is 2. The zero-order valence-corrected chi connectivity index (χ0v) is 17.4. The van der Waals surface area contributed by atoms with Crippen molar-refractivity contribution < 1.29 is 9.47 Å². The molecule has 156 valence electrons. The Bertz CT molecular complexity index is 625. The van der Waals surface area contributed by atoms with E-state index in [-0.39, 0.29) is 5.54 Å². The Labute approximate surface area is 168 Å². The number of hydrogen-bond donors (Lipinski definition) is 2. The number of nitrogens with zero attached hydrogens (tertiary/aromatic N) is 3. The van der Waals surface area contributed by atoms with Crippen LogP contribution < -0.4 is 15.4 Å². The van der Waals surface area contributed by atoms with Gasteiger partial charge in [0.2, 0.25) is 5.88 Å². The molecule has 0 unspecified atom stereocenters. The van der Waals surface area contributed by atoms with Crippen LogP contribution in [-0.2, 0) is 11.3 Å². The number of rotatable bonds is 7. The lowest BCUT2D eigenvalue weighted by Crippen LogP contribution is -2.60. The van der Waals surface area contributed by atoms with E-state index >= 15 is 0 Å². The number of pyridine rings is 1. The lowest BCUT2D eigenvalue weighted by Gasteiger charge is -2.48. The molecule has 1 aromatic rings. The van der Waals surface area contributed by atoms with Crippen molar-refractivity contribution in [2.75, 3.05) is 46.5 Å². The highest BCUT2D eigenvalue weighted by Crippen LogP contribution is 2.33. The minimum absolute atomic E-state index is 0.215. The first-order valence-corrected chi connectivity index (χ1v) is 10.6. The van der Waals surface area contributed by atoms with Crippen molar-refractivity contribution in [3.63, 3.8) is 0 Å². The molecular weight excluding hydrogens is 354 g/mol. The molecule has 0 bridgehead atoms. The average Bonchev–Trinajstić information content (AvgIpc) is 2.77. The Balaban J connectivity index is 1.65. The van der Waals surface area contributed by atoms with Crippen LogP contribution in [0.3, 0.4) is 0 Å². The molecule has 2 N–H and O–H groups in total. The number of aliphatic imine (C=N–C) groups is 1. The molecule has 1 saturated heterocycles. The molecule has 0 radical (unpaired) electrons. The predicted molar refractivity (Wildman–Crippen MR) is 112 cm³/mol. The van der Waals surface area contributed by atoms with Crippen LogP contribution in [0, 0.1) is 0 Å². The largest absolute Gasteiger partial charge is 0.481 e. The van der Waals surface area contributed by atoms with Crippen LogP contribution in [0.5, 0.6) is 5.88 Å². The Hall–Kier alpha value is -1.86. The lowest BCUT2D eigenvalue weighted by molar-refractivity contribution is -0.0352.